The van der Waals surface area contributed by atoms with Crippen molar-refractivity contribution in [1.82, 2.24) is 21.3 Å². The van der Waals surface area contributed by atoms with Crippen molar-refractivity contribution in [3.63, 3.8) is 0 Å². The Hall–Kier alpha value is -4.69. The van der Waals surface area contributed by atoms with E-state index >= 15 is 0 Å². The first-order valence-electron chi connectivity index (χ1n) is 15.0. The summed E-state index contributed by atoms with van der Waals surface area (Å²) in [7, 11) is 0. The molecular formula is C31H47N9O5. The molecule has 0 saturated carbocycles. The molecule has 4 atom stereocenters. The topological polar surface area (TPSA) is 265 Å². The number of aryl methyl sites for hydroxylation is 1. The van der Waals surface area contributed by atoms with Crippen molar-refractivity contribution < 1.29 is 24.3 Å². The van der Waals surface area contributed by atoms with Gasteiger partial charge in [-0.3, -0.25) is 24.6 Å². The predicted molar refractivity (Wildman–Crippen MR) is 172 cm³/mol. The number of phenolic OH excluding ortho intramolecular Hbond substituents is 1. The Labute approximate surface area is 263 Å². The number of phenols is 1. The Bertz CT molecular complexity index is 1290. The van der Waals surface area contributed by atoms with Crippen LogP contribution >= 0.6 is 0 Å². The highest BCUT2D eigenvalue weighted by Gasteiger charge is 2.30. The van der Waals surface area contributed by atoms with Crippen LogP contribution in [0.1, 0.15) is 48.8 Å². The molecular weight excluding hydrogens is 578 g/mol. The second kappa shape index (κ2) is 18.9. The molecule has 0 aliphatic rings. The summed E-state index contributed by atoms with van der Waals surface area (Å²) >= 11 is 0. The van der Waals surface area contributed by atoms with Crippen molar-refractivity contribution in [2.45, 2.75) is 76.0 Å². The molecule has 2 aromatic rings. The van der Waals surface area contributed by atoms with Gasteiger partial charge in [0.15, 0.2) is 5.96 Å². The Kier molecular flexibility index (Phi) is 15.3. The van der Waals surface area contributed by atoms with Gasteiger partial charge in [-0.05, 0) is 74.4 Å². The predicted octanol–water partition coefficient (Wildman–Crippen LogP) is -0.855. The van der Waals surface area contributed by atoms with Gasteiger partial charge in [0.05, 0.1) is 6.04 Å². The van der Waals surface area contributed by atoms with Gasteiger partial charge < -0.3 is 49.3 Å². The van der Waals surface area contributed by atoms with E-state index in [4.69, 9.17) is 28.3 Å². The minimum absolute atomic E-state index is 0.0529. The molecule has 0 unspecified atom stereocenters. The molecule has 0 aromatic heterocycles. The summed E-state index contributed by atoms with van der Waals surface area (Å²) in [4.78, 5) is 52.4. The number of benzene rings is 2. The van der Waals surface area contributed by atoms with Crippen molar-refractivity contribution >= 4 is 29.6 Å². The number of unbranched alkanes of at least 4 members (excludes halogenated alkanes) is 1. The van der Waals surface area contributed by atoms with Crippen molar-refractivity contribution in [1.29, 1.82) is 5.41 Å². The summed E-state index contributed by atoms with van der Waals surface area (Å²) in [6.07, 6.45) is 2.29. The molecule has 0 fully saturated rings. The average molecular weight is 626 g/mol. The summed E-state index contributed by atoms with van der Waals surface area (Å²) in [5, 5.41) is 27.8. The van der Waals surface area contributed by atoms with Crippen molar-refractivity contribution in [3.8, 4) is 5.75 Å². The van der Waals surface area contributed by atoms with E-state index in [9.17, 15) is 24.3 Å². The van der Waals surface area contributed by atoms with Crippen LogP contribution in [0.3, 0.4) is 0 Å². The summed E-state index contributed by atoms with van der Waals surface area (Å²) in [5.74, 6) is -2.66. The van der Waals surface area contributed by atoms with Gasteiger partial charge in [0.2, 0.25) is 23.6 Å². The van der Waals surface area contributed by atoms with Gasteiger partial charge in [-0.25, -0.2) is 0 Å². The number of carbonyl (C=O) groups is 4. The van der Waals surface area contributed by atoms with E-state index in [0.717, 1.165) is 5.56 Å². The number of carbonyl (C=O) groups excluding carboxylic acids is 4. The molecule has 4 amide bonds. The Morgan fingerprint density at radius 1 is 0.822 bits per heavy atom. The lowest BCUT2D eigenvalue weighted by Gasteiger charge is -2.26. The van der Waals surface area contributed by atoms with Crippen LogP contribution < -0.4 is 44.2 Å². The second-order valence-corrected chi connectivity index (χ2v) is 11.0. The Morgan fingerprint density at radius 3 is 2.09 bits per heavy atom. The molecule has 2 aromatic carbocycles. The molecule has 0 spiro atoms. The Morgan fingerprint density at radius 2 is 1.47 bits per heavy atom. The largest absolute Gasteiger partial charge is 0.508 e. The molecule has 0 aliphatic heterocycles. The van der Waals surface area contributed by atoms with E-state index in [2.05, 4.69) is 21.3 Å². The lowest BCUT2D eigenvalue weighted by Crippen LogP contribution is -2.58. The van der Waals surface area contributed by atoms with Crippen molar-refractivity contribution in [2.75, 3.05) is 13.1 Å². The average Bonchev–Trinajstić information content (AvgIpc) is 2.99. The first-order chi connectivity index (χ1) is 21.4. The molecule has 246 valence electrons. The molecule has 0 heterocycles. The summed E-state index contributed by atoms with van der Waals surface area (Å²) in [5.41, 5.74) is 24.8. The third kappa shape index (κ3) is 13.2. The van der Waals surface area contributed by atoms with Gasteiger partial charge in [0, 0.05) is 19.4 Å². The Balaban J connectivity index is 2.24. The fourth-order valence-electron chi connectivity index (χ4n) is 4.67. The first-order valence-corrected chi connectivity index (χ1v) is 15.0. The van der Waals surface area contributed by atoms with Crippen LogP contribution in [0.4, 0.5) is 0 Å². The maximum atomic E-state index is 13.7. The molecule has 14 heteroatoms. The van der Waals surface area contributed by atoms with Gasteiger partial charge in [-0.2, -0.15) is 0 Å². The molecule has 2 rings (SSSR count). The van der Waals surface area contributed by atoms with Gasteiger partial charge >= 0.3 is 0 Å². The number of aromatic hydroxyl groups is 1. The van der Waals surface area contributed by atoms with Crippen LogP contribution in [0, 0.1) is 12.3 Å². The van der Waals surface area contributed by atoms with Gasteiger partial charge in [-0.1, -0.05) is 36.4 Å². The third-order valence-electron chi connectivity index (χ3n) is 7.25. The van der Waals surface area contributed by atoms with Crippen molar-refractivity contribution in [2.24, 2.45) is 22.9 Å². The van der Waals surface area contributed by atoms with Gasteiger partial charge in [0.25, 0.3) is 0 Å². The molecule has 0 bridgehead atoms. The van der Waals surface area contributed by atoms with E-state index in [1.807, 2.05) is 30.3 Å². The second-order valence-electron chi connectivity index (χ2n) is 11.0. The fraction of sp³-hybridized carbons (Fsp3) is 0.452. The zero-order valence-electron chi connectivity index (χ0n) is 25.7. The van der Waals surface area contributed by atoms with Crippen LogP contribution in [0.2, 0.25) is 0 Å². The van der Waals surface area contributed by atoms with E-state index in [-0.39, 0.29) is 37.4 Å². The monoisotopic (exact) mass is 625 g/mol. The number of guanidine groups is 1. The van der Waals surface area contributed by atoms with Crippen LogP contribution in [-0.2, 0) is 32.0 Å². The molecule has 45 heavy (non-hydrogen) atoms. The first kappa shape index (κ1) is 36.5. The number of rotatable bonds is 19. The highest BCUT2D eigenvalue weighted by atomic mass is 16.3. The number of primary amides is 1. The minimum Gasteiger partial charge on any atom is -0.508 e. The molecule has 14 N–H and O–H groups in total. The minimum atomic E-state index is -1.12. The lowest BCUT2D eigenvalue weighted by molar-refractivity contribution is -0.133. The fourth-order valence-corrected chi connectivity index (χ4v) is 4.67. The number of hydrogen-bond donors (Lipinski definition) is 10. The van der Waals surface area contributed by atoms with Gasteiger partial charge in [0.1, 0.15) is 23.9 Å². The maximum absolute atomic E-state index is 13.7. The number of nitrogens with one attached hydrogen (secondary N) is 5. The quantitative estimate of drug-likeness (QED) is 0.0528. The van der Waals surface area contributed by atoms with Crippen LogP contribution in [0.25, 0.3) is 0 Å². The van der Waals surface area contributed by atoms with Crippen LogP contribution in [0.15, 0.2) is 48.5 Å². The third-order valence-corrected chi connectivity index (χ3v) is 7.25. The summed E-state index contributed by atoms with van der Waals surface area (Å²) < 4.78 is 0. The van der Waals surface area contributed by atoms with E-state index in [1.165, 1.54) is 6.07 Å². The zero-order chi connectivity index (χ0) is 33.4. The molecule has 0 radical (unpaired) electrons. The zero-order valence-corrected chi connectivity index (χ0v) is 25.7. The van der Waals surface area contributed by atoms with Gasteiger partial charge in [-0.15, -0.1) is 0 Å². The molecule has 0 aliphatic carbocycles. The van der Waals surface area contributed by atoms with E-state index in [1.54, 1.807) is 19.1 Å². The lowest BCUT2D eigenvalue weighted by atomic mass is 9.98. The smallest absolute Gasteiger partial charge is 0.243 e. The van der Waals surface area contributed by atoms with Crippen molar-refractivity contribution in [3.05, 3.63) is 65.2 Å². The number of amides is 4. The van der Waals surface area contributed by atoms with E-state index < -0.39 is 47.8 Å². The van der Waals surface area contributed by atoms with Crippen LogP contribution in [0.5, 0.6) is 5.75 Å². The standard InChI is InChI=1S/C31H47N9O5/c1-19-16-22(41)13-12-21(19)18-26(40-28(43)23(33)10-7-15-37-31(35)36)30(45)38-24(11-5-6-14-32)29(44)39-25(27(34)42)17-20-8-3-2-4-9-20/h2-4,8-9,12-13,16,23-26,41H,5-7,10-11,14-15,17-18,32-33H2,1H3,(H2,34,42)(H,38,45)(H,39,44)(H,40,43)(H4,35,36,37)/t23-,24+,25+,26+/m1/s1. The highest BCUT2D eigenvalue weighted by Crippen LogP contribution is 2.18. The molecule has 0 saturated heterocycles. The van der Waals surface area contributed by atoms with Crippen LogP contribution in [-0.4, -0.2) is 72.0 Å². The SMILES string of the molecule is Cc1cc(O)ccc1C[C@H](NC(=O)[C@H](N)CCCNC(=N)N)C(=O)N[C@@H](CCCCN)C(=O)N[C@@H](Cc1ccccc1)C(N)=O. The normalized spacial score (nSPS) is 13.5. The number of hydrogen-bond acceptors (Lipinski definition) is 8. The molecule has 14 nitrogen and oxygen atoms in total. The summed E-state index contributed by atoms with van der Waals surface area (Å²) in [6.45, 7) is 2.50. The number of nitrogens with two attached hydrogens (primary N) is 4. The maximum Gasteiger partial charge on any atom is 0.243 e. The summed E-state index contributed by atoms with van der Waals surface area (Å²) in [6, 6.07) is 9.61. The van der Waals surface area contributed by atoms with E-state index in [0.29, 0.717) is 43.5 Å². The highest BCUT2D eigenvalue weighted by molar-refractivity contribution is 5.94.